The summed E-state index contributed by atoms with van der Waals surface area (Å²) in [4.78, 5) is 1.50. The normalized spacial score (nSPS) is 18.4. The van der Waals surface area contributed by atoms with Crippen LogP contribution in [-0.4, -0.2) is 6.54 Å². The van der Waals surface area contributed by atoms with Gasteiger partial charge in [0.15, 0.2) is 0 Å². The Morgan fingerprint density at radius 3 is 2.93 bits per heavy atom. The highest BCUT2D eigenvalue weighted by Gasteiger charge is 2.20. The molecular formula is C12H19NS. The Kier molecular flexibility index (Phi) is 3.24. The van der Waals surface area contributed by atoms with Crippen LogP contribution in [0.2, 0.25) is 0 Å². The van der Waals surface area contributed by atoms with Crippen LogP contribution in [0.4, 0.5) is 0 Å². The maximum absolute atomic E-state index is 3.61. The SMILES string of the molecule is Cc1ccsc1C(C)NCCC1CC1. The fourth-order valence-electron chi connectivity index (χ4n) is 1.83. The van der Waals surface area contributed by atoms with E-state index in [0.717, 1.165) is 5.92 Å². The van der Waals surface area contributed by atoms with Crippen LogP contribution in [0.3, 0.4) is 0 Å². The predicted octanol–water partition coefficient (Wildman–Crippen LogP) is 3.51. The molecule has 0 saturated heterocycles. The van der Waals surface area contributed by atoms with Crippen LogP contribution in [0, 0.1) is 12.8 Å². The molecular weight excluding hydrogens is 190 g/mol. The molecule has 0 amide bonds. The first-order valence-corrected chi connectivity index (χ1v) is 6.42. The van der Waals surface area contributed by atoms with E-state index in [1.807, 2.05) is 11.3 Å². The molecule has 2 heteroatoms. The lowest BCUT2D eigenvalue weighted by Crippen LogP contribution is -2.19. The zero-order chi connectivity index (χ0) is 9.97. The Labute approximate surface area is 90.5 Å². The van der Waals surface area contributed by atoms with Gasteiger partial charge in [0, 0.05) is 10.9 Å². The molecule has 0 radical (unpaired) electrons. The lowest BCUT2D eigenvalue weighted by atomic mass is 10.2. The van der Waals surface area contributed by atoms with Crippen molar-refractivity contribution >= 4 is 11.3 Å². The van der Waals surface area contributed by atoms with Crippen molar-refractivity contribution in [1.29, 1.82) is 0 Å². The van der Waals surface area contributed by atoms with E-state index in [4.69, 9.17) is 0 Å². The van der Waals surface area contributed by atoms with E-state index in [1.165, 1.54) is 36.2 Å². The van der Waals surface area contributed by atoms with E-state index in [1.54, 1.807) is 0 Å². The molecule has 1 saturated carbocycles. The van der Waals surface area contributed by atoms with Gasteiger partial charge in [0.05, 0.1) is 0 Å². The van der Waals surface area contributed by atoms with Crippen LogP contribution in [0.25, 0.3) is 0 Å². The fourth-order valence-corrected chi connectivity index (χ4v) is 2.79. The molecule has 14 heavy (non-hydrogen) atoms. The highest BCUT2D eigenvalue weighted by molar-refractivity contribution is 7.10. The number of nitrogens with one attached hydrogen (secondary N) is 1. The van der Waals surface area contributed by atoms with Gasteiger partial charge in [-0.05, 0) is 49.7 Å². The van der Waals surface area contributed by atoms with Crippen molar-refractivity contribution in [3.05, 3.63) is 21.9 Å². The molecule has 1 nitrogen and oxygen atoms in total. The summed E-state index contributed by atoms with van der Waals surface area (Å²) in [6.07, 6.45) is 4.30. The first-order chi connectivity index (χ1) is 6.77. The quantitative estimate of drug-likeness (QED) is 0.782. The lowest BCUT2D eigenvalue weighted by molar-refractivity contribution is 0.544. The number of thiophene rings is 1. The van der Waals surface area contributed by atoms with Gasteiger partial charge in [0.1, 0.15) is 0 Å². The second-order valence-electron chi connectivity index (χ2n) is 4.38. The van der Waals surface area contributed by atoms with Crippen molar-refractivity contribution in [3.8, 4) is 0 Å². The molecule has 1 aliphatic carbocycles. The topological polar surface area (TPSA) is 12.0 Å². The van der Waals surface area contributed by atoms with Crippen LogP contribution in [0.15, 0.2) is 11.4 Å². The summed E-state index contributed by atoms with van der Waals surface area (Å²) in [7, 11) is 0. The summed E-state index contributed by atoms with van der Waals surface area (Å²) < 4.78 is 0. The van der Waals surface area contributed by atoms with Gasteiger partial charge in [-0.1, -0.05) is 12.8 Å². The molecule has 78 valence electrons. The molecule has 1 N–H and O–H groups in total. The van der Waals surface area contributed by atoms with Crippen molar-refractivity contribution in [2.24, 2.45) is 5.92 Å². The van der Waals surface area contributed by atoms with Gasteiger partial charge in [-0.3, -0.25) is 0 Å². The maximum atomic E-state index is 3.61. The third-order valence-corrected chi connectivity index (χ3v) is 4.20. The molecule has 1 aromatic heterocycles. The monoisotopic (exact) mass is 209 g/mol. The van der Waals surface area contributed by atoms with Gasteiger partial charge >= 0.3 is 0 Å². The largest absolute Gasteiger partial charge is 0.309 e. The Morgan fingerprint density at radius 1 is 1.57 bits per heavy atom. The van der Waals surface area contributed by atoms with E-state index in [0.29, 0.717) is 6.04 Å². The van der Waals surface area contributed by atoms with Crippen LogP contribution < -0.4 is 5.32 Å². The van der Waals surface area contributed by atoms with Crippen LogP contribution in [-0.2, 0) is 0 Å². The van der Waals surface area contributed by atoms with Crippen molar-refractivity contribution in [1.82, 2.24) is 5.32 Å². The third kappa shape index (κ3) is 2.58. The molecule has 1 heterocycles. The first-order valence-electron chi connectivity index (χ1n) is 5.54. The maximum Gasteiger partial charge on any atom is 0.0388 e. The molecule has 1 unspecified atom stereocenters. The zero-order valence-electron chi connectivity index (χ0n) is 9.05. The van der Waals surface area contributed by atoms with Crippen molar-refractivity contribution < 1.29 is 0 Å². The molecule has 1 aromatic rings. The second-order valence-corrected chi connectivity index (χ2v) is 5.32. The zero-order valence-corrected chi connectivity index (χ0v) is 9.86. The van der Waals surface area contributed by atoms with E-state index in [2.05, 4.69) is 30.6 Å². The summed E-state index contributed by atoms with van der Waals surface area (Å²) in [6, 6.07) is 2.74. The molecule has 1 aliphatic rings. The van der Waals surface area contributed by atoms with E-state index < -0.39 is 0 Å². The van der Waals surface area contributed by atoms with Crippen LogP contribution >= 0.6 is 11.3 Å². The fraction of sp³-hybridized carbons (Fsp3) is 0.667. The molecule has 0 aromatic carbocycles. The second kappa shape index (κ2) is 4.45. The molecule has 2 rings (SSSR count). The number of rotatable bonds is 5. The number of hydrogen-bond acceptors (Lipinski definition) is 2. The number of hydrogen-bond donors (Lipinski definition) is 1. The summed E-state index contributed by atoms with van der Waals surface area (Å²) in [5.41, 5.74) is 1.43. The van der Waals surface area contributed by atoms with Crippen molar-refractivity contribution in [2.75, 3.05) is 6.54 Å². The smallest absolute Gasteiger partial charge is 0.0388 e. The van der Waals surface area contributed by atoms with Gasteiger partial charge in [-0.2, -0.15) is 0 Å². The van der Waals surface area contributed by atoms with Crippen molar-refractivity contribution in [2.45, 2.75) is 39.2 Å². The third-order valence-electron chi connectivity index (χ3n) is 3.00. The molecule has 1 fully saturated rings. The summed E-state index contributed by atoms with van der Waals surface area (Å²) >= 11 is 1.87. The summed E-state index contributed by atoms with van der Waals surface area (Å²) in [6.45, 7) is 5.65. The van der Waals surface area contributed by atoms with Gasteiger partial charge in [0.2, 0.25) is 0 Å². The first kappa shape index (κ1) is 10.2. The number of aryl methyl sites for hydroxylation is 1. The summed E-state index contributed by atoms with van der Waals surface area (Å²) in [5.74, 6) is 1.04. The predicted molar refractivity (Wildman–Crippen MR) is 62.8 cm³/mol. The lowest BCUT2D eigenvalue weighted by Gasteiger charge is -2.12. The molecule has 1 atom stereocenters. The average molecular weight is 209 g/mol. The minimum atomic E-state index is 0.536. The highest BCUT2D eigenvalue weighted by atomic mass is 32.1. The van der Waals surface area contributed by atoms with E-state index >= 15 is 0 Å². The van der Waals surface area contributed by atoms with Crippen molar-refractivity contribution in [3.63, 3.8) is 0 Å². The Bertz CT molecular complexity index is 288. The molecule has 0 bridgehead atoms. The Morgan fingerprint density at radius 2 is 2.36 bits per heavy atom. The highest BCUT2D eigenvalue weighted by Crippen LogP contribution is 2.32. The van der Waals surface area contributed by atoms with Crippen LogP contribution in [0.5, 0.6) is 0 Å². The summed E-state index contributed by atoms with van der Waals surface area (Å²) in [5, 5.41) is 5.79. The Balaban J connectivity index is 1.76. The molecule has 0 aliphatic heterocycles. The average Bonchev–Trinajstić information content (AvgIpc) is 2.87. The molecule has 0 spiro atoms. The Hall–Kier alpha value is -0.340. The van der Waals surface area contributed by atoms with E-state index in [-0.39, 0.29) is 0 Å². The minimum Gasteiger partial charge on any atom is -0.309 e. The van der Waals surface area contributed by atoms with E-state index in [9.17, 15) is 0 Å². The van der Waals surface area contributed by atoms with Gasteiger partial charge in [-0.25, -0.2) is 0 Å². The van der Waals surface area contributed by atoms with Gasteiger partial charge in [-0.15, -0.1) is 11.3 Å². The van der Waals surface area contributed by atoms with Crippen LogP contribution in [0.1, 0.15) is 42.7 Å². The standard InChI is InChI=1S/C12H19NS/c1-9-6-8-14-12(9)10(2)13-7-5-11-3-4-11/h6,8,10-11,13H,3-5,7H2,1-2H3. The van der Waals surface area contributed by atoms with Gasteiger partial charge in [0.25, 0.3) is 0 Å². The minimum absolute atomic E-state index is 0.536. The van der Waals surface area contributed by atoms with Gasteiger partial charge < -0.3 is 5.32 Å².